The number of fused-ring (bicyclic) bond motifs is 1. The maximum Gasteiger partial charge on any atom is 0.416 e. The zero-order valence-electron chi connectivity index (χ0n) is 20.6. The van der Waals surface area contributed by atoms with E-state index in [1.807, 2.05) is 18.7 Å². The number of halogens is 3. The van der Waals surface area contributed by atoms with Crippen molar-refractivity contribution in [2.24, 2.45) is 0 Å². The Morgan fingerprint density at radius 2 is 1.78 bits per heavy atom. The van der Waals surface area contributed by atoms with Crippen molar-refractivity contribution in [1.82, 2.24) is 24.5 Å². The summed E-state index contributed by atoms with van der Waals surface area (Å²) >= 11 is 1.82. The van der Waals surface area contributed by atoms with E-state index in [4.69, 9.17) is 4.42 Å². The minimum Gasteiger partial charge on any atom is -0.464 e. The highest BCUT2D eigenvalue weighted by atomic mass is 32.2. The van der Waals surface area contributed by atoms with E-state index < -0.39 is 11.7 Å². The van der Waals surface area contributed by atoms with Gasteiger partial charge in [-0.2, -0.15) is 34.4 Å². The van der Waals surface area contributed by atoms with E-state index in [0.717, 1.165) is 66.9 Å². The fourth-order valence-electron chi connectivity index (χ4n) is 4.36. The number of nitrogens with one attached hydrogen (secondary N) is 1. The lowest BCUT2D eigenvalue weighted by Gasteiger charge is -2.11. The molecule has 1 aromatic carbocycles. The third-order valence-corrected chi connectivity index (χ3v) is 7.26. The summed E-state index contributed by atoms with van der Waals surface area (Å²) < 4.78 is 46.2. The first kappa shape index (κ1) is 25.6. The van der Waals surface area contributed by atoms with Crippen LogP contribution >= 0.6 is 11.8 Å². The number of alkyl halides is 3. The molecule has 5 rings (SSSR count). The van der Waals surface area contributed by atoms with Gasteiger partial charge in [0, 0.05) is 23.9 Å². The van der Waals surface area contributed by atoms with Gasteiger partial charge < -0.3 is 9.73 Å². The van der Waals surface area contributed by atoms with E-state index in [9.17, 15) is 13.2 Å². The highest BCUT2D eigenvalue weighted by Gasteiger charge is 2.30. The molecule has 196 valence electrons. The van der Waals surface area contributed by atoms with Crippen LogP contribution in [-0.4, -0.2) is 43.3 Å². The van der Waals surface area contributed by atoms with Crippen molar-refractivity contribution in [3.05, 3.63) is 71.1 Å². The largest absolute Gasteiger partial charge is 0.464 e. The molecule has 1 fully saturated rings. The first-order chi connectivity index (χ1) is 17.8. The average Bonchev–Trinajstić information content (AvgIpc) is 3.61. The molecular formula is C26H29F3N6OS. The number of rotatable bonds is 10. The number of anilines is 2. The van der Waals surface area contributed by atoms with Crippen LogP contribution in [-0.2, 0) is 24.9 Å². The monoisotopic (exact) mass is 530 g/mol. The first-order valence-corrected chi connectivity index (χ1v) is 13.5. The number of furan rings is 1. The SMILES string of the molecule is Cc1cc(Nc2ccc(C(F)(F)F)cc2)n2nc(CCCSCc3ccc(CN4CCCC4)o3)nc2n1. The molecule has 7 nitrogen and oxygen atoms in total. The van der Waals surface area contributed by atoms with Crippen molar-refractivity contribution >= 4 is 29.0 Å². The van der Waals surface area contributed by atoms with Crippen LogP contribution in [0, 0.1) is 6.92 Å². The molecule has 1 saturated heterocycles. The van der Waals surface area contributed by atoms with Crippen LogP contribution in [0.2, 0.25) is 0 Å². The Labute approximate surface area is 217 Å². The lowest BCUT2D eigenvalue weighted by atomic mass is 10.2. The zero-order valence-corrected chi connectivity index (χ0v) is 21.4. The van der Waals surface area contributed by atoms with Gasteiger partial charge in [0.1, 0.15) is 17.3 Å². The van der Waals surface area contributed by atoms with Gasteiger partial charge >= 0.3 is 6.18 Å². The number of benzene rings is 1. The lowest BCUT2D eigenvalue weighted by Crippen LogP contribution is -2.17. The van der Waals surface area contributed by atoms with E-state index in [1.54, 1.807) is 10.6 Å². The number of thioether (sulfide) groups is 1. The topological polar surface area (TPSA) is 71.5 Å². The normalized spacial score (nSPS) is 14.6. The second-order valence-corrected chi connectivity index (χ2v) is 10.3. The molecule has 37 heavy (non-hydrogen) atoms. The first-order valence-electron chi connectivity index (χ1n) is 12.4. The molecule has 1 aliphatic heterocycles. The van der Waals surface area contributed by atoms with E-state index in [-0.39, 0.29) is 0 Å². The molecule has 0 atom stereocenters. The van der Waals surface area contributed by atoms with E-state index in [1.165, 1.54) is 25.0 Å². The summed E-state index contributed by atoms with van der Waals surface area (Å²) in [4.78, 5) is 11.4. The maximum atomic E-state index is 12.9. The lowest BCUT2D eigenvalue weighted by molar-refractivity contribution is -0.137. The van der Waals surface area contributed by atoms with Crippen LogP contribution in [0.4, 0.5) is 24.7 Å². The predicted octanol–water partition coefficient (Wildman–Crippen LogP) is 6.25. The van der Waals surface area contributed by atoms with Crippen LogP contribution < -0.4 is 5.32 Å². The van der Waals surface area contributed by atoms with E-state index in [2.05, 4.69) is 37.4 Å². The van der Waals surface area contributed by atoms with Crippen molar-refractivity contribution in [3.8, 4) is 0 Å². The summed E-state index contributed by atoms with van der Waals surface area (Å²) in [6, 6.07) is 10.8. The fourth-order valence-corrected chi connectivity index (χ4v) is 5.21. The summed E-state index contributed by atoms with van der Waals surface area (Å²) in [5.74, 6) is 5.55. The Bertz CT molecular complexity index is 1330. The van der Waals surface area contributed by atoms with Gasteiger partial charge in [-0.1, -0.05) is 0 Å². The van der Waals surface area contributed by atoms with Crippen LogP contribution in [0.5, 0.6) is 0 Å². The minimum atomic E-state index is -4.37. The average molecular weight is 531 g/mol. The molecule has 0 aliphatic carbocycles. The quantitative estimate of drug-likeness (QED) is 0.243. The van der Waals surface area contributed by atoms with Gasteiger partial charge in [-0.25, -0.2) is 4.98 Å². The molecule has 4 heterocycles. The van der Waals surface area contributed by atoms with Gasteiger partial charge in [-0.15, -0.1) is 5.10 Å². The van der Waals surface area contributed by atoms with Gasteiger partial charge in [0.2, 0.25) is 0 Å². The van der Waals surface area contributed by atoms with E-state index >= 15 is 0 Å². The third-order valence-electron chi connectivity index (χ3n) is 6.20. The Morgan fingerprint density at radius 1 is 1.03 bits per heavy atom. The Balaban J connectivity index is 1.14. The van der Waals surface area contributed by atoms with Crippen molar-refractivity contribution in [1.29, 1.82) is 0 Å². The van der Waals surface area contributed by atoms with Gasteiger partial charge in [-0.05, 0) is 81.4 Å². The highest BCUT2D eigenvalue weighted by Crippen LogP contribution is 2.30. The molecular weight excluding hydrogens is 501 g/mol. The molecule has 0 bridgehead atoms. The summed E-state index contributed by atoms with van der Waals surface area (Å²) in [6.45, 7) is 5.05. The molecule has 0 saturated carbocycles. The van der Waals surface area contributed by atoms with Crippen molar-refractivity contribution in [2.75, 3.05) is 24.2 Å². The zero-order chi connectivity index (χ0) is 25.8. The summed E-state index contributed by atoms with van der Waals surface area (Å²) in [5, 5.41) is 7.72. The Morgan fingerprint density at radius 3 is 2.54 bits per heavy atom. The third kappa shape index (κ3) is 6.64. The molecule has 0 spiro atoms. The molecule has 3 aromatic heterocycles. The number of aromatic nitrogens is 4. The van der Waals surface area contributed by atoms with Crippen LogP contribution in [0.1, 0.15) is 47.9 Å². The minimum absolute atomic E-state index is 0.457. The molecule has 0 radical (unpaired) electrons. The van der Waals surface area contributed by atoms with Gasteiger partial charge in [0.15, 0.2) is 5.82 Å². The number of hydrogen-bond donors (Lipinski definition) is 1. The smallest absolute Gasteiger partial charge is 0.416 e. The second-order valence-electron chi connectivity index (χ2n) is 9.23. The number of nitrogens with zero attached hydrogens (tertiary/aromatic N) is 5. The molecule has 0 unspecified atom stereocenters. The number of hydrogen-bond acceptors (Lipinski definition) is 7. The Kier molecular flexibility index (Phi) is 7.71. The predicted molar refractivity (Wildman–Crippen MR) is 138 cm³/mol. The van der Waals surface area contributed by atoms with Gasteiger partial charge in [-0.3, -0.25) is 4.90 Å². The van der Waals surface area contributed by atoms with Crippen molar-refractivity contribution < 1.29 is 17.6 Å². The van der Waals surface area contributed by atoms with E-state index in [0.29, 0.717) is 29.5 Å². The summed E-state index contributed by atoms with van der Waals surface area (Å²) in [7, 11) is 0. The molecule has 1 aliphatic rings. The van der Waals surface area contributed by atoms with Crippen molar-refractivity contribution in [3.63, 3.8) is 0 Å². The van der Waals surface area contributed by atoms with Crippen molar-refractivity contribution in [2.45, 2.75) is 51.1 Å². The van der Waals surface area contributed by atoms with Gasteiger partial charge in [0.25, 0.3) is 5.78 Å². The van der Waals surface area contributed by atoms with Crippen LogP contribution in [0.25, 0.3) is 5.78 Å². The van der Waals surface area contributed by atoms with Crippen LogP contribution in [0.3, 0.4) is 0 Å². The highest BCUT2D eigenvalue weighted by molar-refractivity contribution is 7.98. The maximum absolute atomic E-state index is 12.9. The number of aryl methyl sites for hydroxylation is 2. The molecule has 4 aromatic rings. The number of likely N-dealkylation sites (tertiary alicyclic amines) is 1. The molecule has 11 heteroatoms. The Hall–Kier alpha value is -3.05. The second kappa shape index (κ2) is 11.1. The summed E-state index contributed by atoms with van der Waals surface area (Å²) in [6.07, 6.45) is -0.210. The van der Waals surface area contributed by atoms with Crippen LogP contribution in [0.15, 0.2) is 46.9 Å². The van der Waals surface area contributed by atoms with Gasteiger partial charge in [0.05, 0.1) is 17.9 Å². The molecule has 1 N–H and O–H groups in total. The summed E-state index contributed by atoms with van der Waals surface area (Å²) in [5.41, 5.74) is 0.568. The molecule has 0 amide bonds. The fraction of sp³-hybridized carbons (Fsp3) is 0.423. The standard InChI is InChI=1S/C26H29F3N6OS/c1-18-15-24(31-20-8-6-19(7-9-20)26(27,28)29)35-25(30-18)32-23(33-35)5-4-14-37-17-22-11-10-21(36-22)16-34-12-2-3-13-34/h6-11,15,31H,2-5,12-14,16-17H2,1H3.